The molecule has 1 aliphatic heterocycles. The lowest BCUT2D eigenvalue weighted by Gasteiger charge is -2.33. The molecule has 3 heterocycles. The van der Waals surface area contributed by atoms with E-state index >= 15 is 0 Å². The maximum absolute atomic E-state index is 12.6. The number of imidazole rings is 1. The molecule has 1 saturated heterocycles. The minimum absolute atomic E-state index is 0.109. The van der Waals surface area contributed by atoms with E-state index in [2.05, 4.69) is 15.1 Å². The Morgan fingerprint density at radius 2 is 2.38 bits per heavy atom. The molecule has 0 aromatic carbocycles. The van der Waals surface area contributed by atoms with Crippen LogP contribution in [-0.4, -0.2) is 43.6 Å². The van der Waals surface area contributed by atoms with Gasteiger partial charge in [0.15, 0.2) is 5.82 Å². The smallest absolute Gasteiger partial charge is 0.245 e. The molecule has 1 amide bonds. The van der Waals surface area contributed by atoms with Crippen LogP contribution in [0, 0.1) is 6.92 Å². The van der Waals surface area contributed by atoms with Crippen molar-refractivity contribution >= 4 is 5.91 Å². The Balaban J connectivity index is 1.69. The number of nitrogens with zero attached hydrogens (tertiary/aromatic N) is 5. The fourth-order valence-electron chi connectivity index (χ4n) is 2.76. The predicted molar refractivity (Wildman–Crippen MR) is 74.5 cm³/mol. The average molecular weight is 289 g/mol. The Bertz CT molecular complexity index is 607. The summed E-state index contributed by atoms with van der Waals surface area (Å²) in [7, 11) is 0. The van der Waals surface area contributed by atoms with Crippen molar-refractivity contribution < 1.29 is 9.32 Å². The quantitative estimate of drug-likeness (QED) is 0.856. The van der Waals surface area contributed by atoms with Crippen LogP contribution in [0.2, 0.25) is 0 Å². The molecule has 0 bridgehead atoms. The van der Waals surface area contributed by atoms with Crippen LogP contribution in [0.4, 0.5) is 0 Å². The molecule has 0 saturated carbocycles. The van der Waals surface area contributed by atoms with E-state index in [-0.39, 0.29) is 17.9 Å². The van der Waals surface area contributed by atoms with E-state index in [0.717, 1.165) is 19.4 Å². The van der Waals surface area contributed by atoms with Crippen molar-refractivity contribution in [1.29, 1.82) is 0 Å². The highest BCUT2D eigenvalue weighted by molar-refractivity contribution is 5.80. The number of hydrogen-bond acceptors (Lipinski definition) is 5. The van der Waals surface area contributed by atoms with Crippen molar-refractivity contribution in [3.8, 4) is 0 Å². The third-order valence-corrected chi connectivity index (χ3v) is 3.97. The predicted octanol–water partition coefficient (Wildman–Crippen LogP) is 1.54. The van der Waals surface area contributed by atoms with Crippen LogP contribution >= 0.6 is 0 Å². The third-order valence-electron chi connectivity index (χ3n) is 3.97. The van der Waals surface area contributed by atoms with Crippen LogP contribution in [0.15, 0.2) is 23.2 Å². The normalized spacial score (nSPS) is 20.5. The summed E-state index contributed by atoms with van der Waals surface area (Å²) >= 11 is 0. The summed E-state index contributed by atoms with van der Waals surface area (Å²) in [6.45, 7) is 5.11. The standard InChI is InChI=1S/C14H19N5O2/c1-10(19-7-5-15-9-19)14(20)18-6-3-4-12(8-18)13-16-11(2)21-17-13/h5,7,9-10,12H,3-4,6,8H2,1-2H3. The molecule has 0 N–H and O–H groups in total. The van der Waals surface area contributed by atoms with Crippen molar-refractivity contribution in [2.24, 2.45) is 0 Å². The van der Waals surface area contributed by atoms with Gasteiger partial charge < -0.3 is 14.0 Å². The number of rotatable bonds is 3. The van der Waals surface area contributed by atoms with Gasteiger partial charge in [-0.15, -0.1) is 0 Å². The van der Waals surface area contributed by atoms with Gasteiger partial charge in [0.1, 0.15) is 6.04 Å². The van der Waals surface area contributed by atoms with Gasteiger partial charge in [-0.3, -0.25) is 4.79 Å². The van der Waals surface area contributed by atoms with Crippen LogP contribution in [0.3, 0.4) is 0 Å². The highest BCUT2D eigenvalue weighted by atomic mass is 16.5. The summed E-state index contributed by atoms with van der Waals surface area (Å²) in [6.07, 6.45) is 7.12. The largest absolute Gasteiger partial charge is 0.340 e. The minimum Gasteiger partial charge on any atom is -0.340 e. The maximum atomic E-state index is 12.6. The second-order valence-corrected chi connectivity index (χ2v) is 5.48. The second kappa shape index (κ2) is 5.67. The molecule has 2 aromatic heterocycles. The molecular formula is C14H19N5O2. The molecule has 7 nitrogen and oxygen atoms in total. The molecule has 3 rings (SSSR count). The fourth-order valence-corrected chi connectivity index (χ4v) is 2.76. The van der Waals surface area contributed by atoms with Gasteiger partial charge in [0, 0.05) is 38.3 Å². The molecule has 2 unspecified atom stereocenters. The Hall–Kier alpha value is -2.18. The average Bonchev–Trinajstić information content (AvgIpc) is 3.17. The van der Waals surface area contributed by atoms with E-state index in [9.17, 15) is 4.79 Å². The highest BCUT2D eigenvalue weighted by Crippen LogP contribution is 2.26. The second-order valence-electron chi connectivity index (χ2n) is 5.48. The zero-order valence-electron chi connectivity index (χ0n) is 12.3. The van der Waals surface area contributed by atoms with E-state index in [4.69, 9.17) is 4.52 Å². The van der Waals surface area contributed by atoms with E-state index in [1.165, 1.54) is 0 Å². The molecule has 0 aliphatic carbocycles. The van der Waals surface area contributed by atoms with Gasteiger partial charge in [-0.05, 0) is 19.8 Å². The van der Waals surface area contributed by atoms with Crippen LogP contribution in [0.1, 0.15) is 43.4 Å². The maximum Gasteiger partial charge on any atom is 0.245 e. The van der Waals surface area contributed by atoms with Crippen LogP contribution in [-0.2, 0) is 4.79 Å². The van der Waals surface area contributed by atoms with Gasteiger partial charge >= 0.3 is 0 Å². The number of carbonyl (C=O) groups is 1. The van der Waals surface area contributed by atoms with Crippen molar-refractivity contribution in [1.82, 2.24) is 24.6 Å². The van der Waals surface area contributed by atoms with Crippen molar-refractivity contribution in [2.75, 3.05) is 13.1 Å². The van der Waals surface area contributed by atoms with Gasteiger partial charge in [-0.25, -0.2) is 4.98 Å². The summed E-state index contributed by atoms with van der Waals surface area (Å²) in [5.41, 5.74) is 0. The van der Waals surface area contributed by atoms with Crippen molar-refractivity contribution in [3.05, 3.63) is 30.4 Å². The minimum atomic E-state index is -0.238. The molecule has 2 aromatic rings. The van der Waals surface area contributed by atoms with Gasteiger partial charge in [-0.2, -0.15) is 4.98 Å². The van der Waals surface area contributed by atoms with E-state index in [1.54, 1.807) is 19.4 Å². The van der Waals surface area contributed by atoms with E-state index < -0.39 is 0 Å². The number of aryl methyl sites for hydroxylation is 1. The van der Waals surface area contributed by atoms with Crippen molar-refractivity contribution in [3.63, 3.8) is 0 Å². The lowest BCUT2D eigenvalue weighted by molar-refractivity contribution is -0.135. The van der Waals surface area contributed by atoms with Crippen LogP contribution < -0.4 is 0 Å². The first-order valence-electron chi connectivity index (χ1n) is 7.21. The molecule has 21 heavy (non-hydrogen) atoms. The summed E-state index contributed by atoms with van der Waals surface area (Å²) in [6, 6.07) is -0.238. The molecular weight excluding hydrogens is 270 g/mol. The Morgan fingerprint density at radius 1 is 1.52 bits per heavy atom. The molecule has 2 atom stereocenters. The summed E-state index contributed by atoms with van der Waals surface area (Å²) < 4.78 is 6.87. The molecule has 7 heteroatoms. The van der Waals surface area contributed by atoms with Gasteiger partial charge in [0.05, 0.1) is 6.33 Å². The lowest BCUT2D eigenvalue weighted by Crippen LogP contribution is -2.42. The first-order chi connectivity index (χ1) is 10.1. The summed E-state index contributed by atoms with van der Waals surface area (Å²) in [5.74, 6) is 1.55. The van der Waals surface area contributed by atoms with Gasteiger partial charge in [0.2, 0.25) is 11.8 Å². The SMILES string of the molecule is Cc1nc(C2CCCN(C(=O)C(C)n3ccnc3)C2)no1. The first kappa shape index (κ1) is 13.8. The fraction of sp³-hybridized carbons (Fsp3) is 0.571. The molecule has 0 radical (unpaired) electrons. The zero-order valence-corrected chi connectivity index (χ0v) is 12.3. The van der Waals surface area contributed by atoms with Crippen LogP contribution in [0.5, 0.6) is 0 Å². The monoisotopic (exact) mass is 289 g/mol. The van der Waals surface area contributed by atoms with Crippen LogP contribution in [0.25, 0.3) is 0 Å². The number of amides is 1. The first-order valence-corrected chi connectivity index (χ1v) is 7.21. The Labute approximate surface area is 123 Å². The molecule has 1 aliphatic rings. The Morgan fingerprint density at radius 3 is 3.05 bits per heavy atom. The third kappa shape index (κ3) is 2.81. The van der Waals surface area contributed by atoms with Crippen molar-refractivity contribution in [2.45, 2.75) is 38.6 Å². The number of carbonyl (C=O) groups excluding carboxylic acids is 1. The number of aromatic nitrogens is 4. The zero-order chi connectivity index (χ0) is 14.8. The molecule has 0 spiro atoms. The number of piperidine rings is 1. The van der Waals surface area contributed by atoms with E-state index in [0.29, 0.717) is 18.3 Å². The van der Waals surface area contributed by atoms with Gasteiger partial charge in [0.25, 0.3) is 0 Å². The summed E-state index contributed by atoms with van der Waals surface area (Å²) in [4.78, 5) is 22.8. The molecule has 1 fully saturated rings. The molecule has 112 valence electrons. The number of hydrogen-bond donors (Lipinski definition) is 0. The van der Waals surface area contributed by atoms with E-state index in [1.807, 2.05) is 22.6 Å². The Kier molecular flexibility index (Phi) is 3.72. The van der Waals surface area contributed by atoms with Gasteiger partial charge in [-0.1, -0.05) is 5.16 Å². The number of likely N-dealkylation sites (tertiary alicyclic amines) is 1. The topological polar surface area (TPSA) is 77.1 Å². The lowest BCUT2D eigenvalue weighted by atomic mass is 9.97. The highest BCUT2D eigenvalue weighted by Gasteiger charge is 2.30. The summed E-state index contributed by atoms with van der Waals surface area (Å²) in [5, 5.41) is 3.99.